The molecule has 1 aromatic carbocycles. The van der Waals surface area contributed by atoms with Crippen molar-refractivity contribution in [1.82, 2.24) is 10.3 Å². The number of aromatic amines is 1. The molecule has 2 N–H and O–H groups in total. The molecule has 0 saturated heterocycles. The van der Waals surface area contributed by atoms with E-state index in [1.807, 2.05) is 42.7 Å². The van der Waals surface area contributed by atoms with Crippen LogP contribution in [0.1, 0.15) is 11.1 Å². The number of H-pyrrole nitrogens is 1. The smallest absolute Gasteiger partial charge is 0.224 e. The summed E-state index contributed by atoms with van der Waals surface area (Å²) in [6.45, 7) is 0.645. The van der Waals surface area contributed by atoms with Crippen molar-refractivity contribution < 1.29 is 9.53 Å². The van der Waals surface area contributed by atoms with Crippen LogP contribution in [0, 0.1) is 0 Å². The Bertz CT molecular complexity index is 521. The third kappa shape index (κ3) is 3.88. The van der Waals surface area contributed by atoms with Gasteiger partial charge in [-0.3, -0.25) is 4.79 Å². The minimum absolute atomic E-state index is 0.0139. The molecule has 19 heavy (non-hydrogen) atoms. The molecular formula is C15H18N2O2. The van der Waals surface area contributed by atoms with Crippen molar-refractivity contribution in [2.24, 2.45) is 0 Å². The van der Waals surface area contributed by atoms with Crippen molar-refractivity contribution in [3.8, 4) is 5.75 Å². The number of hydrogen-bond donors (Lipinski definition) is 2. The zero-order valence-electron chi connectivity index (χ0n) is 11.0. The first kappa shape index (κ1) is 13.2. The van der Waals surface area contributed by atoms with Crippen LogP contribution in [0.25, 0.3) is 0 Å². The van der Waals surface area contributed by atoms with Crippen LogP contribution in [0.4, 0.5) is 0 Å². The zero-order valence-corrected chi connectivity index (χ0v) is 11.0. The Hall–Kier alpha value is -2.23. The van der Waals surface area contributed by atoms with Crippen molar-refractivity contribution in [2.75, 3.05) is 13.7 Å². The molecule has 100 valence electrons. The van der Waals surface area contributed by atoms with Crippen molar-refractivity contribution in [2.45, 2.75) is 12.8 Å². The van der Waals surface area contributed by atoms with Crippen molar-refractivity contribution in [1.29, 1.82) is 0 Å². The quantitative estimate of drug-likeness (QED) is 0.831. The summed E-state index contributed by atoms with van der Waals surface area (Å²) in [5.41, 5.74) is 2.10. The highest BCUT2D eigenvalue weighted by Crippen LogP contribution is 2.17. The highest BCUT2D eigenvalue weighted by Gasteiger charge is 2.07. The molecule has 0 aliphatic carbocycles. The molecule has 1 amide bonds. The molecule has 2 aromatic rings. The predicted octanol–water partition coefficient (Wildman–Crippen LogP) is 1.92. The number of carbonyl (C=O) groups is 1. The summed E-state index contributed by atoms with van der Waals surface area (Å²) in [5.74, 6) is 0.767. The minimum atomic E-state index is 0.0139. The van der Waals surface area contributed by atoms with Gasteiger partial charge >= 0.3 is 0 Å². The highest BCUT2D eigenvalue weighted by atomic mass is 16.5. The molecule has 0 atom stereocenters. The molecule has 2 rings (SSSR count). The molecule has 4 heteroatoms. The van der Waals surface area contributed by atoms with Crippen molar-refractivity contribution in [3.63, 3.8) is 0 Å². The number of methoxy groups -OCH3 is 1. The average Bonchev–Trinajstić information content (AvgIpc) is 2.92. The molecule has 0 fully saturated rings. The van der Waals surface area contributed by atoms with Gasteiger partial charge in [0.25, 0.3) is 0 Å². The van der Waals surface area contributed by atoms with E-state index in [1.54, 1.807) is 7.11 Å². The number of carbonyl (C=O) groups excluding carboxylic acids is 1. The lowest BCUT2D eigenvalue weighted by Crippen LogP contribution is -2.27. The fourth-order valence-electron chi connectivity index (χ4n) is 1.94. The summed E-state index contributed by atoms with van der Waals surface area (Å²) >= 11 is 0. The third-order valence-corrected chi connectivity index (χ3v) is 2.94. The summed E-state index contributed by atoms with van der Waals surface area (Å²) in [6.07, 6.45) is 5.00. The van der Waals surface area contributed by atoms with Gasteiger partial charge < -0.3 is 15.0 Å². The highest BCUT2D eigenvalue weighted by molar-refractivity contribution is 5.79. The van der Waals surface area contributed by atoms with Gasteiger partial charge in [0.1, 0.15) is 5.75 Å². The van der Waals surface area contributed by atoms with Gasteiger partial charge in [0, 0.05) is 24.5 Å². The van der Waals surface area contributed by atoms with E-state index in [2.05, 4.69) is 10.3 Å². The maximum atomic E-state index is 11.8. The first-order valence-corrected chi connectivity index (χ1v) is 6.30. The second-order valence-electron chi connectivity index (χ2n) is 4.31. The molecule has 0 bridgehead atoms. The second-order valence-corrected chi connectivity index (χ2v) is 4.31. The number of rotatable bonds is 6. The lowest BCUT2D eigenvalue weighted by molar-refractivity contribution is -0.120. The number of hydrogen-bond acceptors (Lipinski definition) is 2. The molecule has 1 heterocycles. The fraction of sp³-hybridized carbons (Fsp3) is 0.267. The summed E-state index contributed by atoms with van der Waals surface area (Å²) < 4.78 is 5.23. The second kappa shape index (κ2) is 6.64. The van der Waals surface area contributed by atoms with Crippen LogP contribution >= 0.6 is 0 Å². The Morgan fingerprint density at radius 3 is 2.89 bits per heavy atom. The topological polar surface area (TPSA) is 54.1 Å². The molecule has 0 aliphatic rings. The van der Waals surface area contributed by atoms with Crippen LogP contribution in [-0.2, 0) is 17.6 Å². The van der Waals surface area contributed by atoms with Gasteiger partial charge in [-0.2, -0.15) is 0 Å². The molecule has 1 aromatic heterocycles. The Morgan fingerprint density at radius 1 is 1.32 bits per heavy atom. The summed E-state index contributed by atoms with van der Waals surface area (Å²) in [6, 6.07) is 9.58. The van der Waals surface area contributed by atoms with Crippen molar-refractivity contribution in [3.05, 3.63) is 53.9 Å². The first-order chi connectivity index (χ1) is 9.29. The maximum absolute atomic E-state index is 11.8. The van der Waals surface area contributed by atoms with E-state index >= 15 is 0 Å². The predicted molar refractivity (Wildman–Crippen MR) is 74.2 cm³/mol. The Balaban J connectivity index is 1.80. The Morgan fingerprint density at radius 2 is 2.16 bits per heavy atom. The Labute approximate surface area is 112 Å². The number of amides is 1. The van der Waals surface area contributed by atoms with E-state index in [-0.39, 0.29) is 5.91 Å². The lowest BCUT2D eigenvalue weighted by Gasteiger charge is -2.08. The number of nitrogens with one attached hydrogen (secondary N) is 2. The molecule has 0 radical (unpaired) electrons. The van der Waals surface area contributed by atoms with E-state index in [0.29, 0.717) is 13.0 Å². The number of para-hydroxylation sites is 1. The SMILES string of the molecule is COc1ccccc1CC(=O)NCCc1cc[nH]c1. The van der Waals surface area contributed by atoms with Crippen LogP contribution in [0.2, 0.25) is 0 Å². The monoisotopic (exact) mass is 258 g/mol. The van der Waals surface area contributed by atoms with Crippen LogP contribution in [0.5, 0.6) is 5.75 Å². The van der Waals surface area contributed by atoms with Gasteiger partial charge in [-0.05, 0) is 24.1 Å². The summed E-state index contributed by atoms with van der Waals surface area (Å²) in [7, 11) is 1.61. The molecule has 0 spiro atoms. The minimum Gasteiger partial charge on any atom is -0.496 e. The van der Waals surface area contributed by atoms with Gasteiger partial charge in [0.05, 0.1) is 13.5 Å². The van der Waals surface area contributed by atoms with Gasteiger partial charge in [-0.1, -0.05) is 18.2 Å². The van der Waals surface area contributed by atoms with E-state index < -0.39 is 0 Å². The Kier molecular flexibility index (Phi) is 4.61. The van der Waals surface area contributed by atoms with E-state index in [0.717, 1.165) is 17.7 Å². The largest absolute Gasteiger partial charge is 0.496 e. The molecule has 0 unspecified atom stereocenters. The number of benzene rings is 1. The fourth-order valence-corrected chi connectivity index (χ4v) is 1.94. The number of ether oxygens (including phenoxy) is 1. The molecule has 4 nitrogen and oxygen atoms in total. The molecular weight excluding hydrogens is 240 g/mol. The van der Waals surface area contributed by atoms with Crippen LogP contribution in [0.3, 0.4) is 0 Å². The average molecular weight is 258 g/mol. The van der Waals surface area contributed by atoms with Gasteiger partial charge in [-0.25, -0.2) is 0 Å². The van der Waals surface area contributed by atoms with E-state index in [4.69, 9.17) is 4.74 Å². The van der Waals surface area contributed by atoms with Gasteiger partial charge in [0.2, 0.25) is 5.91 Å². The third-order valence-electron chi connectivity index (χ3n) is 2.94. The standard InChI is InChI=1S/C15H18N2O2/c1-19-14-5-3-2-4-13(14)10-15(18)17-9-7-12-6-8-16-11-12/h2-6,8,11,16H,7,9-10H2,1H3,(H,17,18). The zero-order chi connectivity index (χ0) is 13.5. The van der Waals surface area contributed by atoms with Crippen LogP contribution < -0.4 is 10.1 Å². The summed E-state index contributed by atoms with van der Waals surface area (Å²) in [5, 5.41) is 2.91. The van der Waals surface area contributed by atoms with Gasteiger partial charge in [-0.15, -0.1) is 0 Å². The number of aromatic nitrogens is 1. The van der Waals surface area contributed by atoms with Crippen LogP contribution in [0.15, 0.2) is 42.7 Å². The molecule has 0 saturated carbocycles. The first-order valence-electron chi connectivity index (χ1n) is 6.30. The maximum Gasteiger partial charge on any atom is 0.224 e. The van der Waals surface area contributed by atoms with E-state index in [1.165, 1.54) is 5.56 Å². The normalized spacial score (nSPS) is 10.2. The van der Waals surface area contributed by atoms with Crippen molar-refractivity contribution >= 4 is 5.91 Å². The lowest BCUT2D eigenvalue weighted by atomic mass is 10.1. The van der Waals surface area contributed by atoms with Gasteiger partial charge in [0.15, 0.2) is 0 Å². The van der Waals surface area contributed by atoms with E-state index in [9.17, 15) is 4.79 Å². The van der Waals surface area contributed by atoms with Crippen LogP contribution in [-0.4, -0.2) is 24.5 Å². The molecule has 0 aliphatic heterocycles. The summed E-state index contributed by atoms with van der Waals surface area (Å²) in [4.78, 5) is 14.8.